The second-order valence-electron chi connectivity index (χ2n) is 5.97. The van der Waals surface area contributed by atoms with Gasteiger partial charge in [0.2, 0.25) is 0 Å². The number of hydrogen-bond donors (Lipinski definition) is 0. The number of para-hydroxylation sites is 1. The third-order valence-electron chi connectivity index (χ3n) is 3.97. The van der Waals surface area contributed by atoms with Gasteiger partial charge in [0.15, 0.2) is 6.61 Å². The average molecular weight is 378 g/mol. The van der Waals surface area contributed by atoms with Crippen molar-refractivity contribution in [1.29, 1.82) is 5.26 Å². The number of carbonyl (C=O) groups excluding carboxylic acids is 2. The number of aryl methyl sites for hydroxylation is 1. The maximum Gasteiger partial charge on any atom is 0.331 e. The zero-order valence-corrected chi connectivity index (χ0v) is 15.9. The number of methoxy groups -OCH3 is 1. The van der Waals surface area contributed by atoms with Crippen LogP contribution in [0.1, 0.15) is 17.5 Å². The number of anilines is 1. The summed E-state index contributed by atoms with van der Waals surface area (Å²) in [5.41, 5.74) is 2.44. The summed E-state index contributed by atoms with van der Waals surface area (Å²) in [6.07, 6.45) is 3.00. The summed E-state index contributed by atoms with van der Waals surface area (Å²) >= 11 is 0. The molecule has 0 fully saturated rings. The van der Waals surface area contributed by atoms with E-state index in [0.29, 0.717) is 11.4 Å². The molecule has 144 valence electrons. The molecule has 0 aliphatic heterocycles. The predicted octanol–water partition coefficient (Wildman–Crippen LogP) is 3.51. The van der Waals surface area contributed by atoms with Gasteiger partial charge in [-0.3, -0.25) is 4.79 Å². The quantitative estimate of drug-likeness (QED) is 0.519. The molecule has 2 rings (SSSR count). The lowest BCUT2D eigenvalue weighted by molar-refractivity contribution is -0.142. The Balaban J connectivity index is 1.99. The van der Waals surface area contributed by atoms with Gasteiger partial charge in [0, 0.05) is 23.9 Å². The molecule has 28 heavy (non-hydrogen) atoms. The molecule has 0 heterocycles. The van der Waals surface area contributed by atoms with Crippen LogP contribution in [0.2, 0.25) is 0 Å². The smallest absolute Gasteiger partial charge is 0.331 e. The van der Waals surface area contributed by atoms with E-state index in [1.165, 1.54) is 11.0 Å². The van der Waals surface area contributed by atoms with Crippen molar-refractivity contribution in [2.75, 3.05) is 25.2 Å². The predicted molar refractivity (Wildman–Crippen MR) is 107 cm³/mol. The van der Waals surface area contributed by atoms with Gasteiger partial charge >= 0.3 is 5.97 Å². The topological polar surface area (TPSA) is 79.6 Å². The third-order valence-corrected chi connectivity index (χ3v) is 3.97. The molecule has 0 radical (unpaired) electrons. The van der Waals surface area contributed by atoms with Gasteiger partial charge in [-0.15, -0.1) is 0 Å². The molecular formula is C22H22N2O4. The first kappa shape index (κ1) is 20.7. The molecule has 0 aromatic heterocycles. The Morgan fingerprint density at radius 2 is 1.86 bits per heavy atom. The molecule has 0 atom stereocenters. The average Bonchev–Trinajstić information content (AvgIpc) is 2.72. The summed E-state index contributed by atoms with van der Waals surface area (Å²) in [5.74, 6) is -0.397. The number of nitrogens with zero attached hydrogens (tertiary/aromatic N) is 2. The Labute approximate surface area is 164 Å². The van der Waals surface area contributed by atoms with E-state index in [4.69, 9.17) is 14.7 Å². The van der Waals surface area contributed by atoms with Gasteiger partial charge in [0.25, 0.3) is 5.91 Å². The molecule has 0 spiro atoms. The molecular weight excluding hydrogens is 356 g/mol. The number of ether oxygens (including phenoxy) is 2. The fraction of sp³-hybridized carbons (Fsp3) is 0.227. The lowest BCUT2D eigenvalue weighted by Crippen LogP contribution is -2.35. The summed E-state index contributed by atoms with van der Waals surface area (Å²) in [5, 5.41) is 8.83. The number of hydrogen-bond acceptors (Lipinski definition) is 5. The highest BCUT2D eigenvalue weighted by Gasteiger charge is 2.17. The molecule has 0 aliphatic rings. The standard InChI is InChI=1S/C22H22N2O4/c1-17-8-11-19(12-9-17)24(15-5-14-23)21(25)16-28-22(26)13-10-18-6-3-4-7-20(18)27-2/h3-4,6-13H,5,15-16H2,1-2H3/b13-10+. The first-order valence-electron chi connectivity index (χ1n) is 8.77. The van der Waals surface area contributed by atoms with Gasteiger partial charge in [-0.25, -0.2) is 4.79 Å². The maximum atomic E-state index is 12.5. The lowest BCUT2D eigenvalue weighted by atomic mass is 10.2. The van der Waals surface area contributed by atoms with Gasteiger partial charge in [-0.2, -0.15) is 5.26 Å². The fourth-order valence-electron chi connectivity index (χ4n) is 2.51. The van der Waals surface area contributed by atoms with Crippen LogP contribution in [-0.4, -0.2) is 32.1 Å². The van der Waals surface area contributed by atoms with Gasteiger partial charge in [0.1, 0.15) is 5.75 Å². The van der Waals surface area contributed by atoms with Crippen LogP contribution in [-0.2, 0) is 14.3 Å². The SMILES string of the molecule is COc1ccccc1/C=C/C(=O)OCC(=O)N(CCC#N)c1ccc(C)cc1. The Hall–Kier alpha value is -3.59. The first-order chi connectivity index (χ1) is 13.5. The molecule has 6 nitrogen and oxygen atoms in total. The van der Waals surface area contributed by atoms with Crippen molar-refractivity contribution < 1.29 is 19.1 Å². The van der Waals surface area contributed by atoms with Crippen molar-refractivity contribution in [2.24, 2.45) is 0 Å². The molecule has 0 saturated heterocycles. The van der Waals surface area contributed by atoms with E-state index in [1.807, 2.05) is 37.3 Å². The largest absolute Gasteiger partial charge is 0.496 e. The highest BCUT2D eigenvalue weighted by Crippen LogP contribution is 2.19. The van der Waals surface area contributed by atoms with Crippen LogP contribution < -0.4 is 9.64 Å². The molecule has 6 heteroatoms. The Kier molecular flexibility index (Phi) is 7.79. The van der Waals surface area contributed by atoms with Crippen LogP contribution in [0, 0.1) is 18.3 Å². The van der Waals surface area contributed by atoms with E-state index >= 15 is 0 Å². The minimum absolute atomic E-state index is 0.182. The second kappa shape index (κ2) is 10.5. The van der Waals surface area contributed by atoms with Crippen LogP contribution in [0.4, 0.5) is 5.69 Å². The highest BCUT2D eigenvalue weighted by atomic mass is 16.5. The molecule has 0 unspecified atom stereocenters. The summed E-state index contributed by atoms with van der Waals surface area (Å²) in [6, 6.07) is 16.6. The van der Waals surface area contributed by atoms with Crippen molar-refractivity contribution in [3.05, 3.63) is 65.7 Å². The molecule has 0 saturated carbocycles. The van der Waals surface area contributed by atoms with E-state index in [2.05, 4.69) is 0 Å². The second-order valence-corrected chi connectivity index (χ2v) is 5.97. The van der Waals surface area contributed by atoms with Crippen LogP contribution in [0.5, 0.6) is 5.75 Å². The minimum Gasteiger partial charge on any atom is -0.496 e. The molecule has 2 aromatic carbocycles. The van der Waals surface area contributed by atoms with Crippen molar-refractivity contribution in [1.82, 2.24) is 0 Å². The van der Waals surface area contributed by atoms with Crippen LogP contribution in [0.3, 0.4) is 0 Å². The van der Waals surface area contributed by atoms with Gasteiger partial charge in [-0.1, -0.05) is 35.9 Å². The van der Waals surface area contributed by atoms with Crippen molar-refractivity contribution in [3.8, 4) is 11.8 Å². The summed E-state index contributed by atoms with van der Waals surface area (Å²) < 4.78 is 10.3. The maximum absolute atomic E-state index is 12.5. The minimum atomic E-state index is -0.636. The number of benzene rings is 2. The zero-order valence-electron chi connectivity index (χ0n) is 15.9. The lowest BCUT2D eigenvalue weighted by Gasteiger charge is -2.21. The normalized spacial score (nSPS) is 10.3. The van der Waals surface area contributed by atoms with E-state index < -0.39 is 18.5 Å². The summed E-state index contributed by atoms with van der Waals surface area (Å²) in [4.78, 5) is 25.9. The third kappa shape index (κ3) is 5.99. The Morgan fingerprint density at radius 3 is 2.54 bits per heavy atom. The number of esters is 1. The van der Waals surface area contributed by atoms with Crippen molar-refractivity contribution >= 4 is 23.6 Å². The fourth-order valence-corrected chi connectivity index (χ4v) is 2.51. The van der Waals surface area contributed by atoms with E-state index in [1.54, 1.807) is 37.5 Å². The summed E-state index contributed by atoms with van der Waals surface area (Å²) in [6.45, 7) is 1.77. The number of nitriles is 1. The zero-order chi connectivity index (χ0) is 20.4. The summed E-state index contributed by atoms with van der Waals surface area (Å²) in [7, 11) is 1.55. The van der Waals surface area contributed by atoms with Crippen LogP contribution >= 0.6 is 0 Å². The molecule has 2 aromatic rings. The molecule has 0 aliphatic carbocycles. The van der Waals surface area contributed by atoms with Gasteiger partial charge < -0.3 is 14.4 Å². The Morgan fingerprint density at radius 1 is 1.14 bits per heavy atom. The Bertz CT molecular complexity index is 882. The van der Waals surface area contributed by atoms with Gasteiger partial charge in [-0.05, 0) is 31.2 Å². The molecule has 0 bridgehead atoms. The number of amides is 1. The van der Waals surface area contributed by atoms with Crippen molar-refractivity contribution in [3.63, 3.8) is 0 Å². The molecule has 0 N–H and O–H groups in total. The number of rotatable bonds is 8. The van der Waals surface area contributed by atoms with E-state index in [9.17, 15) is 9.59 Å². The highest BCUT2D eigenvalue weighted by molar-refractivity contribution is 5.96. The van der Waals surface area contributed by atoms with Gasteiger partial charge in [0.05, 0.1) is 19.6 Å². The number of carbonyl (C=O) groups is 2. The van der Waals surface area contributed by atoms with E-state index in [-0.39, 0.29) is 13.0 Å². The monoisotopic (exact) mass is 378 g/mol. The molecule has 1 amide bonds. The van der Waals surface area contributed by atoms with E-state index in [0.717, 1.165) is 11.1 Å². The van der Waals surface area contributed by atoms with Crippen LogP contribution in [0.15, 0.2) is 54.6 Å². The van der Waals surface area contributed by atoms with Crippen LogP contribution in [0.25, 0.3) is 6.08 Å². The first-order valence-corrected chi connectivity index (χ1v) is 8.77. The van der Waals surface area contributed by atoms with Crippen molar-refractivity contribution in [2.45, 2.75) is 13.3 Å².